The summed E-state index contributed by atoms with van der Waals surface area (Å²) in [5.41, 5.74) is 7.11. The molecule has 1 aliphatic rings. The van der Waals surface area contributed by atoms with Gasteiger partial charge in [0.2, 0.25) is 5.91 Å². The van der Waals surface area contributed by atoms with Crippen molar-refractivity contribution in [1.82, 2.24) is 5.01 Å². The molecule has 2 aromatic carbocycles. The van der Waals surface area contributed by atoms with Crippen LogP contribution in [-0.2, 0) is 4.79 Å². The third-order valence-electron chi connectivity index (χ3n) is 5.06. The van der Waals surface area contributed by atoms with Gasteiger partial charge in [0.05, 0.1) is 29.3 Å². The Labute approximate surface area is 173 Å². The third kappa shape index (κ3) is 4.23. The van der Waals surface area contributed by atoms with Gasteiger partial charge in [0, 0.05) is 16.6 Å². The number of hydrazone groups is 1. The number of amides is 3. The van der Waals surface area contributed by atoms with Crippen LogP contribution in [0.4, 0.5) is 10.5 Å². The Bertz CT molecular complexity index is 1010. The zero-order chi connectivity index (χ0) is 21.2. The highest BCUT2D eigenvalue weighted by molar-refractivity contribution is 6.30. The number of carbonyl (C=O) groups is 2. The van der Waals surface area contributed by atoms with E-state index in [1.807, 2.05) is 6.07 Å². The Kier molecular flexibility index (Phi) is 5.57. The smallest absolute Gasteiger partial charge is 0.342 e. The van der Waals surface area contributed by atoms with Gasteiger partial charge < -0.3 is 11.1 Å². The van der Waals surface area contributed by atoms with Crippen LogP contribution in [0, 0.1) is 22.7 Å². The summed E-state index contributed by atoms with van der Waals surface area (Å²) in [5, 5.41) is 18.0. The summed E-state index contributed by atoms with van der Waals surface area (Å²) in [7, 11) is 0. The summed E-state index contributed by atoms with van der Waals surface area (Å²) in [6.07, 6.45) is 0. The molecule has 29 heavy (non-hydrogen) atoms. The predicted molar refractivity (Wildman–Crippen MR) is 111 cm³/mol. The van der Waals surface area contributed by atoms with Crippen LogP contribution in [-0.4, -0.2) is 29.2 Å². The number of nitrogens with two attached hydrogens (primary N) is 1. The Morgan fingerprint density at radius 2 is 1.83 bits per heavy atom. The van der Waals surface area contributed by atoms with Crippen LogP contribution in [0.1, 0.15) is 25.0 Å². The fourth-order valence-corrected chi connectivity index (χ4v) is 3.19. The number of urea groups is 1. The van der Waals surface area contributed by atoms with E-state index in [0.717, 1.165) is 5.56 Å². The lowest BCUT2D eigenvalue weighted by molar-refractivity contribution is -0.127. The molecule has 1 atom stereocenters. The van der Waals surface area contributed by atoms with E-state index in [1.165, 1.54) is 5.01 Å². The van der Waals surface area contributed by atoms with Crippen LogP contribution in [0.25, 0.3) is 0 Å². The number of nitrogens with zero attached hydrogens (tertiary/aromatic N) is 3. The zero-order valence-corrected chi connectivity index (χ0v) is 16.8. The standard InChI is InChI=1S/C21H20ClN5O2/c1-21(2,19(24)28)17-12-27(26-18(17)14-5-7-15(22)8-6-14)20(29)25-16-9-3-13(11-23)4-10-16/h3-10,17H,12H2,1-2H3,(H2,24,28)(H,25,29). The molecule has 2 aromatic rings. The van der Waals surface area contributed by atoms with E-state index < -0.39 is 17.4 Å². The number of primary amides is 1. The molecule has 0 aromatic heterocycles. The largest absolute Gasteiger partial charge is 0.369 e. The summed E-state index contributed by atoms with van der Waals surface area (Å²) >= 11 is 5.98. The number of carbonyl (C=O) groups excluding carboxylic acids is 2. The maximum atomic E-state index is 12.7. The molecule has 0 radical (unpaired) electrons. The molecule has 0 bridgehead atoms. The Balaban J connectivity index is 1.89. The minimum absolute atomic E-state index is 0.204. The van der Waals surface area contributed by atoms with Crippen molar-refractivity contribution in [1.29, 1.82) is 5.26 Å². The molecular weight excluding hydrogens is 390 g/mol. The number of nitriles is 1. The second kappa shape index (κ2) is 7.94. The second-order valence-corrected chi connectivity index (χ2v) is 7.77. The molecule has 0 spiro atoms. The van der Waals surface area contributed by atoms with Gasteiger partial charge in [0.15, 0.2) is 0 Å². The van der Waals surface area contributed by atoms with Crippen molar-refractivity contribution >= 4 is 34.9 Å². The van der Waals surface area contributed by atoms with Crippen LogP contribution < -0.4 is 11.1 Å². The van der Waals surface area contributed by atoms with Gasteiger partial charge in [-0.15, -0.1) is 0 Å². The van der Waals surface area contributed by atoms with Gasteiger partial charge in [-0.25, -0.2) is 9.80 Å². The molecule has 0 saturated heterocycles. The van der Waals surface area contributed by atoms with E-state index in [-0.39, 0.29) is 12.5 Å². The van der Waals surface area contributed by atoms with Crippen LogP contribution in [0.3, 0.4) is 0 Å². The lowest BCUT2D eigenvalue weighted by Crippen LogP contribution is -2.44. The second-order valence-electron chi connectivity index (χ2n) is 7.33. The van der Waals surface area contributed by atoms with E-state index >= 15 is 0 Å². The first kappa shape index (κ1) is 20.4. The normalized spacial score (nSPS) is 16.1. The van der Waals surface area contributed by atoms with Crippen LogP contribution in [0.15, 0.2) is 53.6 Å². The van der Waals surface area contributed by atoms with Crippen molar-refractivity contribution in [3.05, 3.63) is 64.7 Å². The molecule has 0 aliphatic carbocycles. The summed E-state index contributed by atoms with van der Waals surface area (Å²) < 4.78 is 0. The highest BCUT2D eigenvalue weighted by Crippen LogP contribution is 2.35. The number of nitrogens with one attached hydrogen (secondary N) is 1. The molecule has 1 unspecified atom stereocenters. The Morgan fingerprint density at radius 3 is 2.38 bits per heavy atom. The fourth-order valence-electron chi connectivity index (χ4n) is 3.07. The highest BCUT2D eigenvalue weighted by Gasteiger charge is 2.44. The summed E-state index contributed by atoms with van der Waals surface area (Å²) in [4.78, 5) is 24.8. The molecule has 3 N–H and O–H groups in total. The first-order valence-corrected chi connectivity index (χ1v) is 9.33. The first-order valence-electron chi connectivity index (χ1n) is 8.95. The number of anilines is 1. The van der Waals surface area contributed by atoms with E-state index in [1.54, 1.807) is 62.4 Å². The van der Waals surface area contributed by atoms with Crippen molar-refractivity contribution < 1.29 is 9.59 Å². The molecule has 0 fully saturated rings. The van der Waals surface area contributed by atoms with Gasteiger partial charge in [0.25, 0.3) is 0 Å². The number of benzene rings is 2. The quantitative estimate of drug-likeness (QED) is 0.804. The van der Waals surface area contributed by atoms with Crippen molar-refractivity contribution in [2.24, 2.45) is 22.2 Å². The molecular formula is C21H20ClN5O2. The lowest BCUT2D eigenvalue weighted by atomic mass is 9.74. The van der Waals surface area contributed by atoms with Crippen LogP contribution in [0.2, 0.25) is 5.02 Å². The third-order valence-corrected chi connectivity index (χ3v) is 5.31. The summed E-state index contributed by atoms with van der Waals surface area (Å²) in [5.74, 6) is -0.855. The minimum atomic E-state index is -0.915. The van der Waals surface area contributed by atoms with Gasteiger partial charge in [0.1, 0.15) is 0 Å². The Hall–Kier alpha value is -3.37. The van der Waals surface area contributed by atoms with Crippen LogP contribution >= 0.6 is 11.6 Å². The Morgan fingerprint density at radius 1 is 1.21 bits per heavy atom. The van der Waals surface area contributed by atoms with E-state index in [0.29, 0.717) is 22.0 Å². The van der Waals surface area contributed by atoms with Crippen molar-refractivity contribution in [3.63, 3.8) is 0 Å². The maximum absolute atomic E-state index is 12.7. The monoisotopic (exact) mass is 409 g/mol. The number of rotatable bonds is 4. The molecule has 7 nitrogen and oxygen atoms in total. The summed E-state index contributed by atoms with van der Waals surface area (Å²) in [6, 6.07) is 15.1. The highest BCUT2D eigenvalue weighted by atomic mass is 35.5. The van der Waals surface area contributed by atoms with Gasteiger partial charge in [-0.1, -0.05) is 37.6 Å². The number of hydrogen-bond acceptors (Lipinski definition) is 4. The van der Waals surface area contributed by atoms with E-state index in [4.69, 9.17) is 22.6 Å². The maximum Gasteiger partial charge on any atom is 0.342 e. The number of hydrogen-bond donors (Lipinski definition) is 2. The average Bonchev–Trinajstić information content (AvgIpc) is 3.15. The molecule has 1 heterocycles. The molecule has 148 valence electrons. The van der Waals surface area contributed by atoms with Crippen molar-refractivity contribution in [2.45, 2.75) is 13.8 Å². The van der Waals surface area contributed by atoms with Gasteiger partial charge >= 0.3 is 6.03 Å². The first-order chi connectivity index (χ1) is 13.7. The van der Waals surface area contributed by atoms with E-state index in [2.05, 4.69) is 10.4 Å². The SMILES string of the molecule is CC(C)(C(N)=O)C1CN(C(=O)Nc2ccc(C#N)cc2)N=C1c1ccc(Cl)cc1. The van der Waals surface area contributed by atoms with Gasteiger partial charge in [-0.2, -0.15) is 10.4 Å². The average molecular weight is 410 g/mol. The predicted octanol–water partition coefficient (Wildman–Crippen LogP) is 3.59. The van der Waals surface area contributed by atoms with Crippen molar-refractivity contribution in [3.8, 4) is 6.07 Å². The van der Waals surface area contributed by atoms with E-state index in [9.17, 15) is 9.59 Å². The van der Waals surface area contributed by atoms with Crippen LogP contribution in [0.5, 0.6) is 0 Å². The molecule has 0 saturated carbocycles. The fraction of sp³-hybridized carbons (Fsp3) is 0.238. The van der Waals surface area contributed by atoms with Gasteiger partial charge in [-0.3, -0.25) is 4.79 Å². The molecule has 1 aliphatic heterocycles. The summed E-state index contributed by atoms with van der Waals surface area (Å²) in [6.45, 7) is 3.69. The molecule has 3 amide bonds. The van der Waals surface area contributed by atoms with Gasteiger partial charge in [-0.05, 0) is 42.0 Å². The van der Waals surface area contributed by atoms with Crippen molar-refractivity contribution in [2.75, 3.05) is 11.9 Å². The topological polar surface area (TPSA) is 112 Å². The minimum Gasteiger partial charge on any atom is -0.369 e. The molecule has 8 heteroatoms. The zero-order valence-electron chi connectivity index (χ0n) is 16.0. The molecule has 3 rings (SSSR count). The lowest BCUT2D eigenvalue weighted by Gasteiger charge is -2.29. The number of halogens is 1.